The zero-order valence-electron chi connectivity index (χ0n) is 10.4. The molecule has 1 heterocycles. The maximum absolute atomic E-state index is 9.49. The first-order valence-electron chi connectivity index (χ1n) is 5.87. The zero-order chi connectivity index (χ0) is 12.7. The standard InChI is InChI=1S/C15H14N2O/c1-10-3-5-11(6-4-10)15-16-13-9-12(18)7-8-14(13)17(15)2/h3-9,18H,1-2H3. The molecule has 0 aliphatic carbocycles. The molecule has 90 valence electrons. The third kappa shape index (κ3) is 1.64. The summed E-state index contributed by atoms with van der Waals surface area (Å²) in [6.07, 6.45) is 0. The van der Waals surface area contributed by atoms with Crippen LogP contribution in [0.1, 0.15) is 5.56 Å². The normalized spacial score (nSPS) is 11.0. The predicted octanol–water partition coefficient (Wildman–Crippen LogP) is 3.25. The number of fused-ring (bicyclic) bond motifs is 1. The van der Waals surface area contributed by atoms with Gasteiger partial charge in [-0.25, -0.2) is 4.98 Å². The van der Waals surface area contributed by atoms with Gasteiger partial charge in [-0.1, -0.05) is 29.8 Å². The van der Waals surface area contributed by atoms with Crippen LogP contribution in [0, 0.1) is 6.92 Å². The second-order valence-electron chi connectivity index (χ2n) is 4.53. The maximum atomic E-state index is 9.49. The predicted molar refractivity (Wildman–Crippen MR) is 72.6 cm³/mol. The van der Waals surface area contributed by atoms with Crippen molar-refractivity contribution < 1.29 is 5.11 Å². The average Bonchev–Trinajstić information content (AvgIpc) is 2.67. The number of aryl methyl sites for hydroxylation is 2. The summed E-state index contributed by atoms with van der Waals surface area (Å²) < 4.78 is 2.04. The molecule has 0 aliphatic rings. The molecule has 0 amide bonds. The van der Waals surface area contributed by atoms with Gasteiger partial charge in [0, 0.05) is 18.7 Å². The molecule has 3 rings (SSSR count). The molecule has 0 spiro atoms. The van der Waals surface area contributed by atoms with Gasteiger partial charge in [-0.15, -0.1) is 0 Å². The van der Waals surface area contributed by atoms with Gasteiger partial charge in [0.25, 0.3) is 0 Å². The molecule has 2 aromatic carbocycles. The summed E-state index contributed by atoms with van der Waals surface area (Å²) in [4.78, 5) is 4.58. The van der Waals surface area contributed by atoms with E-state index in [9.17, 15) is 5.11 Å². The summed E-state index contributed by atoms with van der Waals surface area (Å²) in [7, 11) is 1.99. The van der Waals surface area contributed by atoms with Gasteiger partial charge in [0.15, 0.2) is 0 Å². The average molecular weight is 238 g/mol. The van der Waals surface area contributed by atoms with Crippen LogP contribution in [0.4, 0.5) is 0 Å². The first-order valence-corrected chi connectivity index (χ1v) is 5.87. The molecule has 0 bridgehead atoms. The Hall–Kier alpha value is -2.29. The number of hydrogen-bond donors (Lipinski definition) is 1. The fraction of sp³-hybridized carbons (Fsp3) is 0.133. The number of aromatic hydroxyl groups is 1. The lowest BCUT2D eigenvalue weighted by atomic mass is 10.1. The smallest absolute Gasteiger partial charge is 0.140 e. The van der Waals surface area contributed by atoms with Crippen LogP contribution in [0.15, 0.2) is 42.5 Å². The van der Waals surface area contributed by atoms with Crippen molar-refractivity contribution >= 4 is 11.0 Å². The number of phenols is 1. The minimum absolute atomic E-state index is 0.246. The van der Waals surface area contributed by atoms with Gasteiger partial charge in [-0.05, 0) is 19.1 Å². The second kappa shape index (κ2) is 3.88. The molecule has 1 aromatic heterocycles. The Morgan fingerprint density at radius 3 is 2.50 bits per heavy atom. The molecule has 3 nitrogen and oxygen atoms in total. The summed E-state index contributed by atoms with van der Waals surface area (Å²) in [5.41, 5.74) is 4.14. The van der Waals surface area contributed by atoms with E-state index >= 15 is 0 Å². The van der Waals surface area contributed by atoms with Crippen molar-refractivity contribution in [1.82, 2.24) is 9.55 Å². The Morgan fingerprint density at radius 2 is 1.78 bits per heavy atom. The van der Waals surface area contributed by atoms with Crippen LogP contribution in [0.2, 0.25) is 0 Å². The Morgan fingerprint density at radius 1 is 1.06 bits per heavy atom. The number of imidazole rings is 1. The molecule has 18 heavy (non-hydrogen) atoms. The van der Waals surface area contributed by atoms with Crippen molar-refractivity contribution in [2.45, 2.75) is 6.92 Å². The minimum atomic E-state index is 0.246. The second-order valence-corrected chi connectivity index (χ2v) is 4.53. The number of phenolic OH excluding ortho intramolecular Hbond substituents is 1. The van der Waals surface area contributed by atoms with E-state index in [2.05, 4.69) is 36.2 Å². The first kappa shape index (κ1) is 10.8. The van der Waals surface area contributed by atoms with E-state index in [-0.39, 0.29) is 5.75 Å². The molecule has 0 radical (unpaired) electrons. The highest BCUT2D eigenvalue weighted by Gasteiger charge is 2.09. The van der Waals surface area contributed by atoms with E-state index in [1.54, 1.807) is 12.1 Å². The van der Waals surface area contributed by atoms with Crippen LogP contribution in [-0.4, -0.2) is 14.7 Å². The fourth-order valence-corrected chi connectivity index (χ4v) is 2.15. The summed E-state index contributed by atoms with van der Waals surface area (Å²) >= 11 is 0. The minimum Gasteiger partial charge on any atom is -0.508 e. The third-order valence-corrected chi connectivity index (χ3v) is 3.17. The van der Waals surface area contributed by atoms with Crippen molar-refractivity contribution in [3.05, 3.63) is 48.0 Å². The molecule has 0 fully saturated rings. The maximum Gasteiger partial charge on any atom is 0.140 e. The van der Waals surface area contributed by atoms with Crippen LogP contribution < -0.4 is 0 Å². The highest BCUT2D eigenvalue weighted by Crippen LogP contribution is 2.26. The largest absolute Gasteiger partial charge is 0.508 e. The Bertz CT molecular complexity index is 711. The van der Waals surface area contributed by atoms with Gasteiger partial charge in [-0.2, -0.15) is 0 Å². The van der Waals surface area contributed by atoms with Gasteiger partial charge < -0.3 is 9.67 Å². The van der Waals surface area contributed by atoms with Crippen molar-refractivity contribution in [2.24, 2.45) is 7.05 Å². The van der Waals surface area contributed by atoms with Crippen molar-refractivity contribution in [3.63, 3.8) is 0 Å². The lowest BCUT2D eigenvalue weighted by Crippen LogP contribution is -1.92. The molecule has 3 aromatic rings. The van der Waals surface area contributed by atoms with Gasteiger partial charge in [0.1, 0.15) is 11.6 Å². The Kier molecular flexibility index (Phi) is 2.33. The molecular formula is C15H14N2O. The van der Waals surface area contributed by atoms with E-state index in [0.717, 1.165) is 22.4 Å². The number of rotatable bonds is 1. The summed E-state index contributed by atoms with van der Waals surface area (Å²) in [5.74, 6) is 1.16. The topological polar surface area (TPSA) is 38.1 Å². The van der Waals surface area contributed by atoms with E-state index in [1.165, 1.54) is 5.56 Å². The number of nitrogens with zero attached hydrogens (tertiary/aromatic N) is 2. The molecule has 0 unspecified atom stereocenters. The van der Waals surface area contributed by atoms with E-state index in [1.807, 2.05) is 17.7 Å². The van der Waals surface area contributed by atoms with Crippen LogP contribution in [0.25, 0.3) is 22.4 Å². The Labute approximate surface area is 105 Å². The molecule has 3 heteroatoms. The van der Waals surface area contributed by atoms with Gasteiger partial charge in [0.2, 0.25) is 0 Å². The van der Waals surface area contributed by atoms with Crippen LogP contribution >= 0.6 is 0 Å². The molecule has 0 saturated heterocycles. The summed E-state index contributed by atoms with van der Waals surface area (Å²) in [6, 6.07) is 13.5. The van der Waals surface area contributed by atoms with Crippen molar-refractivity contribution in [2.75, 3.05) is 0 Å². The lowest BCUT2D eigenvalue weighted by Gasteiger charge is -2.02. The first-order chi connectivity index (χ1) is 8.65. The highest BCUT2D eigenvalue weighted by molar-refractivity contribution is 5.81. The monoisotopic (exact) mass is 238 g/mol. The fourth-order valence-electron chi connectivity index (χ4n) is 2.15. The van der Waals surface area contributed by atoms with Crippen LogP contribution in [0.3, 0.4) is 0 Å². The van der Waals surface area contributed by atoms with Crippen molar-refractivity contribution in [3.8, 4) is 17.1 Å². The third-order valence-electron chi connectivity index (χ3n) is 3.17. The number of benzene rings is 2. The van der Waals surface area contributed by atoms with Gasteiger partial charge in [0.05, 0.1) is 11.0 Å². The van der Waals surface area contributed by atoms with Crippen LogP contribution in [-0.2, 0) is 7.05 Å². The quantitative estimate of drug-likeness (QED) is 0.706. The van der Waals surface area contributed by atoms with E-state index in [0.29, 0.717) is 0 Å². The SMILES string of the molecule is Cc1ccc(-c2nc3cc(O)ccc3n2C)cc1. The summed E-state index contributed by atoms with van der Waals surface area (Å²) in [6.45, 7) is 2.07. The molecule has 1 N–H and O–H groups in total. The van der Waals surface area contributed by atoms with Crippen LogP contribution in [0.5, 0.6) is 5.75 Å². The lowest BCUT2D eigenvalue weighted by molar-refractivity contribution is 0.476. The summed E-state index contributed by atoms with van der Waals surface area (Å²) in [5, 5.41) is 9.49. The number of hydrogen-bond acceptors (Lipinski definition) is 2. The molecule has 0 saturated carbocycles. The van der Waals surface area contributed by atoms with Crippen molar-refractivity contribution in [1.29, 1.82) is 0 Å². The number of aromatic nitrogens is 2. The zero-order valence-corrected chi connectivity index (χ0v) is 10.4. The highest BCUT2D eigenvalue weighted by atomic mass is 16.3. The van der Waals surface area contributed by atoms with Gasteiger partial charge in [-0.3, -0.25) is 0 Å². The van der Waals surface area contributed by atoms with E-state index in [4.69, 9.17) is 0 Å². The molecule has 0 atom stereocenters. The van der Waals surface area contributed by atoms with Gasteiger partial charge >= 0.3 is 0 Å². The Balaban J connectivity index is 2.23. The molecular weight excluding hydrogens is 224 g/mol. The molecule has 0 aliphatic heterocycles. The van der Waals surface area contributed by atoms with E-state index < -0.39 is 0 Å².